The number of piperazine rings is 1. The van der Waals surface area contributed by atoms with E-state index in [1.54, 1.807) is 9.25 Å². The third-order valence-electron chi connectivity index (χ3n) is 6.28. The highest BCUT2D eigenvalue weighted by Gasteiger charge is 2.24. The Bertz CT molecular complexity index is 1530. The van der Waals surface area contributed by atoms with Crippen LogP contribution in [0.3, 0.4) is 0 Å². The molecule has 14 heteroatoms. The van der Waals surface area contributed by atoms with Gasteiger partial charge in [-0.2, -0.15) is 9.67 Å². The van der Waals surface area contributed by atoms with Crippen molar-refractivity contribution in [2.24, 2.45) is 0 Å². The highest BCUT2D eigenvalue weighted by atomic mass is 32.2. The Morgan fingerprint density at radius 2 is 1.87 bits per heavy atom. The Labute approximate surface area is 221 Å². The first kappa shape index (κ1) is 25.3. The van der Waals surface area contributed by atoms with Crippen LogP contribution < -0.4 is 10.3 Å². The molecule has 1 saturated heterocycles. The highest BCUT2D eigenvalue weighted by Crippen LogP contribution is 2.20. The quantitative estimate of drug-likeness (QED) is 0.325. The van der Waals surface area contributed by atoms with Gasteiger partial charge in [0.2, 0.25) is 22.4 Å². The number of fused-ring (bicyclic) bond motifs is 1. The van der Waals surface area contributed by atoms with Gasteiger partial charge >= 0.3 is 5.97 Å². The van der Waals surface area contributed by atoms with Crippen molar-refractivity contribution in [3.63, 3.8) is 0 Å². The van der Waals surface area contributed by atoms with E-state index < -0.39 is 11.4 Å². The number of aryl methyl sites for hydroxylation is 1. The van der Waals surface area contributed by atoms with E-state index in [0.29, 0.717) is 61.6 Å². The van der Waals surface area contributed by atoms with Gasteiger partial charge in [-0.1, -0.05) is 30.0 Å². The molecule has 1 aliphatic heterocycles. The average molecular weight is 536 g/mol. The zero-order chi connectivity index (χ0) is 26.6. The molecule has 3 aromatic heterocycles. The maximum Gasteiger partial charge on any atom is 0.341 e. The number of carboxylic acids is 1. The molecule has 1 amide bonds. The number of tetrazole rings is 1. The predicted octanol–water partition coefficient (Wildman–Crippen LogP) is 1.32. The number of para-hydroxylation sites is 1. The fraction of sp³-hybridized carbons (Fsp3) is 0.333. The zero-order valence-electron chi connectivity index (χ0n) is 20.6. The number of thioether (sulfide) groups is 1. The van der Waals surface area contributed by atoms with Crippen molar-refractivity contribution in [1.82, 2.24) is 39.6 Å². The lowest BCUT2D eigenvalue weighted by atomic mass is 10.2. The fourth-order valence-electron chi connectivity index (χ4n) is 4.25. The van der Waals surface area contributed by atoms with Crippen LogP contribution >= 0.6 is 11.8 Å². The number of carbonyl (C=O) groups is 2. The zero-order valence-corrected chi connectivity index (χ0v) is 21.4. The molecular weight excluding hydrogens is 510 g/mol. The molecule has 4 heterocycles. The van der Waals surface area contributed by atoms with Gasteiger partial charge in [-0.05, 0) is 29.5 Å². The van der Waals surface area contributed by atoms with Crippen LogP contribution in [0, 0.1) is 0 Å². The Kier molecular flexibility index (Phi) is 7.31. The van der Waals surface area contributed by atoms with Crippen molar-refractivity contribution in [2.45, 2.75) is 25.0 Å². The molecule has 38 heavy (non-hydrogen) atoms. The summed E-state index contributed by atoms with van der Waals surface area (Å²) in [6, 6.07) is 9.58. The third-order valence-corrected chi connectivity index (χ3v) is 7.20. The summed E-state index contributed by atoms with van der Waals surface area (Å²) in [4.78, 5) is 49.5. The van der Waals surface area contributed by atoms with Crippen LogP contribution in [0.4, 0.5) is 5.95 Å². The SMILES string of the molecule is CCn1cc(C(=O)O)c(=O)c2cnc(N3CCN(C(=O)CCSc4nnnn4-c4ccccc4)CC3)nc21. The molecule has 1 aromatic carbocycles. The molecule has 1 aliphatic rings. The molecular formula is C24H25N9O4S. The molecule has 0 saturated carbocycles. The molecule has 0 bridgehead atoms. The topological polar surface area (TPSA) is 152 Å². The molecule has 0 aliphatic carbocycles. The second kappa shape index (κ2) is 11.0. The number of aromatic carboxylic acids is 1. The summed E-state index contributed by atoms with van der Waals surface area (Å²) in [5.74, 6) is -0.238. The number of benzene rings is 1. The standard InChI is InChI=1S/C24H25N9O4S/c1-2-30-15-18(22(36)37)20(35)17-14-25-23(26-21(17)30)32-11-9-31(10-12-32)19(34)8-13-38-24-27-28-29-33(24)16-6-4-3-5-7-16/h3-7,14-15H,2,8-13H2,1H3,(H,36,37). The monoisotopic (exact) mass is 535 g/mol. The van der Waals surface area contributed by atoms with Gasteiger partial charge in [0.15, 0.2) is 0 Å². The first-order valence-corrected chi connectivity index (χ1v) is 13.1. The summed E-state index contributed by atoms with van der Waals surface area (Å²) >= 11 is 1.43. The normalized spacial score (nSPS) is 13.7. The van der Waals surface area contributed by atoms with Crippen molar-refractivity contribution in [3.05, 3.63) is 58.5 Å². The average Bonchev–Trinajstić information content (AvgIpc) is 3.42. The van der Waals surface area contributed by atoms with Crippen LogP contribution in [0.15, 0.2) is 52.7 Å². The van der Waals surface area contributed by atoms with Crippen LogP contribution in [0.25, 0.3) is 16.7 Å². The number of anilines is 1. The van der Waals surface area contributed by atoms with E-state index in [2.05, 4.69) is 25.5 Å². The number of rotatable bonds is 8. The molecule has 1 fully saturated rings. The number of amides is 1. The number of hydrogen-bond donors (Lipinski definition) is 1. The molecule has 0 spiro atoms. The summed E-state index contributed by atoms with van der Waals surface area (Å²) < 4.78 is 3.29. The Morgan fingerprint density at radius 3 is 2.58 bits per heavy atom. The largest absolute Gasteiger partial charge is 0.477 e. The molecule has 1 N–H and O–H groups in total. The van der Waals surface area contributed by atoms with Crippen LogP contribution in [-0.2, 0) is 11.3 Å². The van der Waals surface area contributed by atoms with Gasteiger partial charge in [-0.3, -0.25) is 9.59 Å². The first-order valence-electron chi connectivity index (χ1n) is 12.1. The molecule has 0 radical (unpaired) electrons. The number of pyridine rings is 1. The van der Waals surface area contributed by atoms with Crippen molar-refractivity contribution in [1.29, 1.82) is 0 Å². The van der Waals surface area contributed by atoms with E-state index in [1.807, 2.05) is 47.1 Å². The predicted molar refractivity (Wildman–Crippen MR) is 140 cm³/mol. The number of carboxylic acid groups (broad SMARTS) is 1. The van der Waals surface area contributed by atoms with Crippen LogP contribution in [-0.4, -0.2) is 88.6 Å². The maximum absolute atomic E-state index is 12.8. The molecule has 5 rings (SSSR count). The summed E-state index contributed by atoms with van der Waals surface area (Å²) in [7, 11) is 0. The maximum atomic E-state index is 12.8. The minimum atomic E-state index is -1.28. The first-order chi connectivity index (χ1) is 18.5. The van der Waals surface area contributed by atoms with E-state index in [1.165, 1.54) is 24.2 Å². The Morgan fingerprint density at radius 1 is 1.11 bits per heavy atom. The smallest absolute Gasteiger partial charge is 0.341 e. The van der Waals surface area contributed by atoms with Gasteiger partial charge in [-0.15, -0.1) is 5.10 Å². The van der Waals surface area contributed by atoms with E-state index in [0.717, 1.165) is 5.69 Å². The van der Waals surface area contributed by atoms with Crippen molar-refractivity contribution in [3.8, 4) is 5.69 Å². The highest BCUT2D eigenvalue weighted by molar-refractivity contribution is 7.99. The number of hydrogen-bond acceptors (Lipinski definition) is 10. The van der Waals surface area contributed by atoms with Gasteiger partial charge < -0.3 is 19.5 Å². The summed E-state index contributed by atoms with van der Waals surface area (Å²) in [5, 5.41) is 22.0. The minimum absolute atomic E-state index is 0.0522. The van der Waals surface area contributed by atoms with Crippen molar-refractivity contribution >= 4 is 40.6 Å². The Balaban J connectivity index is 1.19. The second-order valence-corrected chi connectivity index (χ2v) is 9.61. The number of carbonyl (C=O) groups excluding carboxylic acids is 1. The second-order valence-electron chi connectivity index (χ2n) is 8.55. The lowest BCUT2D eigenvalue weighted by Crippen LogP contribution is -2.49. The molecule has 13 nitrogen and oxygen atoms in total. The lowest BCUT2D eigenvalue weighted by Gasteiger charge is -2.34. The van der Waals surface area contributed by atoms with Gasteiger partial charge in [0.1, 0.15) is 11.2 Å². The van der Waals surface area contributed by atoms with Crippen molar-refractivity contribution < 1.29 is 14.7 Å². The molecule has 4 aromatic rings. The van der Waals surface area contributed by atoms with E-state index in [-0.39, 0.29) is 16.9 Å². The van der Waals surface area contributed by atoms with Gasteiger partial charge in [0, 0.05) is 57.3 Å². The molecule has 196 valence electrons. The van der Waals surface area contributed by atoms with Gasteiger partial charge in [0.25, 0.3) is 0 Å². The third kappa shape index (κ3) is 5.07. The van der Waals surface area contributed by atoms with E-state index >= 15 is 0 Å². The van der Waals surface area contributed by atoms with Crippen LogP contribution in [0.1, 0.15) is 23.7 Å². The van der Waals surface area contributed by atoms with Gasteiger partial charge in [-0.25, -0.2) is 9.78 Å². The van der Waals surface area contributed by atoms with Crippen LogP contribution in [0.2, 0.25) is 0 Å². The Hall–Kier alpha value is -4.33. The number of nitrogens with zero attached hydrogens (tertiary/aromatic N) is 9. The van der Waals surface area contributed by atoms with Crippen LogP contribution in [0.5, 0.6) is 0 Å². The molecule has 0 atom stereocenters. The number of aromatic nitrogens is 7. The lowest BCUT2D eigenvalue weighted by molar-refractivity contribution is -0.131. The van der Waals surface area contributed by atoms with E-state index in [9.17, 15) is 19.5 Å². The van der Waals surface area contributed by atoms with Crippen molar-refractivity contribution in [2.75, 3.05) is 36.8 Å². The summed E-state index contributed by atoms with van der Waals surface area (Å²) in [5.41, 5.74) is 0.338. The van der Waals surface area contributed by atoms with E-state index in [4.69, 9.17) is 0 Å². The molecule has 0 unspecified atom stereocenters. The minimum Gasteiger partial charge on any atom is -0.477 e. The summed E-state index contributed by atoms with van der Waals surface area (Å²) in [6.45, 7) is 4.42. The summed E-state index contributed by atoms with van der Waals surface area (Å²) in [6.07, 6.45) is 3.06. The van der Waals surface area contributed by atoms with Gasteiger partial charge in [0.05, 0.1) is 11.1 Å². The fourth-order valence-corrected chi connectivity index (χ4v) is 5.07.